The van der Waals surface area contributed by atoms with Gasteiger partial charge >= 0.3 is 0 Å². The number of hydrogen-bond donors (Lipinski definition) is 2. The molecule has 0 amide bonds. The molecular formula is C18H21N3O2S. The number of aryl methyl sites for hydroxylation is 1. The third-order valence-corrected chi connectivity index (χ3v) is 4.67. The van der Waals surface area contributed by atoms with Crippen LogP contribution in [0, 0.1) is 0 Å². The van der Waals surface area contributed by atoms with Crippen LogP contribution in [0.5, 0.6) is 0 Å². The van der Waals surface area contributed by atoms with E-state index in [1.807, 2.05) is 18.2 Å². The first-order valence-corrected chi connectivity index (χ1v) is 9.40. The van der Waals surface area contributed by atoms with Crippen molar-refractivity contribution in [3.63, 3.8) is 0 Å². The first-order valence-electron chi connectivity index (χ1n) is 8.03. The second-order valence-electron chi connectivity index (χ2n) is 5.74. The molecule has 0 unspecified atom stereocenters. The minimum atomic E-state index is -2.43. The maximum absolute atomic E-state index is 10.9. The predicted molar refractivity (Wildman–Crippen MR) is 97.2 cm³/mol. The molecule has 5 nitrogen and oxygen atoms in total. The molecule has 3 aromatic rings. The zero-order chi connectivity index (χ0) is 17.1. The molecule has 0 aliphatic carbocycles. The molecule has 1 heterocycles. The number of benzene rings is 2. The lowest BCUT2D eigenvalue weighted by Crippen LogP contribution is -2.03. The zero-order valence-electron chi connectivity index (χ0n) is 13.6. The largest absolute Gasteiger partial charge is 0.330 e. The molecule has 0 radical (unpaired) electrons. The average Bonchev–Trinajstić information content (AvgIpc) is 2.93. The number of imidazole rings is 1. The minimum Gasteiger partial charge on any atom is -0.330 e. The van der Waals surface area contributed by atoms with Crippen LogP contribution >= 0.6 is 0 Å². The molecule has 0 saturated carbocycles. The lowest BCUT2D eigenvalue weighted by atomic mass is 10.1. The van der Waals surface area contributed by atoms with Crippen molar-refractivity contribution in [2.75, 3.05) is 6.54 Å². The highest BCUT2D eigenvalue weighted by atomic mass is 32.2. The minimum absolute atomic E-state index is 0.0490. The summed E-state index contributed by atoms with van der Waals surface area (Å²) in [6.45, 7) is 2.70. The summed E-state index contributed by atoms with van der Waals surface area (Å²) in [6.07, 6.45) is 1.66. The Morgan fingerprint density at radius 3 is 2.42 bits per heavy atom. The fourth-order valence-corrected chi connectivity index (χ4v) is 3.42. The van der Waals surface area contributed by atoms with E-state index in [1.165, 1.54) is 5.56 Å². The highest BCUT2D eigenvalue weighted by Crippen LogP contribution is 2.23. The first kappa shape index (κ1) is 16.7. The van der Waals surface area contributed by atoms with Crippen LogP contribution < -0.4 is 5.73 Å². The number of rotatable bonds is 6. The molecule has 0 fully saturated rings. The Balaban J connectivity index is 2.08. The Morgan fingerprint density at radius 2 is 1.79 bits per heavy atom. The van der Waals surface area contributed by atoms with Gasteiger partial charge in [-0.05, 0) is 48.4 Å². The van der Waals surface area contributed by atoms with Crippen molar-refractivity contribution in [2.24, 2.45) is 5.73 Å². The SMILES string of the molecule is CCc1nc2cc(C[SH](=O)=O)ccc2n1-c1ccc(CCN)cc1. The van der Waals surface area contributed by atoms with E-state index in [1.54, 1.807) is 0 Å². The molecule has 0 aliphatic rings. The van der Waals surface area contributed by atoms with Crippen molar-refractivity contribution in [2.45, 2.75) is 25.5 Å². The van der Waals surface area contributed by atoms with Crippen molar-refractivity contribution < 1.29 is 8.42 Å². The van der Waals surface area contributed by atoms with Crippen molar-refractivity contribution >= 4 is 21.7 Å². The van der Waals surface area contributed by atoms with E-state index in [2.05, 4.69) is 40.7 Å². The monoisotopic (exact) mass is 343 g/mol. The Kier molecular flexibility index (Phi) is 4.97. The van der Waals surface area contributed by atoms with Crippen LogP contribution in [0.1, 0.15) is 23.9 Å². The third-order valence-electron chi connectivity index (χ3n) is 4.04. The fraction of sp³-hybridized carbons (Fsp3) is 0.278. The van der Waals surface area contributed by atoms with Gasteiger partial charge in [-0.3, -0.25) is 4.57 Å². The number of fused-ring (bicyclic) bond motifs is 1. The number of aromatic nitrogens is 2. The normalized spacial score (nSPS) is 11.5. The van der Waals surface area contributed by atoms with Crippen LogP contribution in [0.25, 0.3) is 16.7 Å². The average molecular weight is 343 g/mol. The van der Waals surface area contributed by atoms with Gasteiger partial charge in [0.2, 0.25) is 0 Å². The summed E-state index contributed by atoms with van der Waals surface area (Å²) >= 11 is 0. The zero-order valence-corrected chi connectivity index (χ0v) is 14.5. The smallest absolute Gasteiger partial charge is 0.144 e. The molecular weight excluding hydrogens is 322 g/mol. The van der Waals surface area contributed by atoms with Gasteiger partial charge in [-0.15, -0.1) is 0 Å². The van der Waals surface area contributed by atoms with E-state index in [9.17, 15) is 8.42 Å². The second-order valence-corrected chi connectivity index (χ2v) is 6.72. The second kappa shape index (κ2) is 7.15. The standard InChI is InChI=1S/C18H21N3O2S/c1-2-18-20-16-11-14(12-24(22)23)5-8-17(16)21(18)15-6-3-13(4-7-15)9-10-19/h3-8,11,24H,2,9-10,12,19H2,1H3. The summed E-state index contributed by atoms with van der Waals surface area (Å²) in [6, 6.07) is 14.0. The van der Waals surface area contributed by atoms with Gasteiger partial charge in [-0.2, -0.15) is 0 Å². The summed E-state index contributed by atoms with van der Waals surface area (Å²) in [5, 5.41) is 0. The van der Waals surface area contributed by atoms with Crippen molar-refractivity contribution in [3.05, 3.63) is 59.4 Å². The van der Waals surface area contributed by atoms with Crippen LogP contribution in [-0.2, 0) is 29.3 Å². The number of nitrogens with zero attached hydrogens (tertiary/aromatic N) is 2. The molecule has 0 spiro atoms. The van der Waals surface area contributed by atoms with Crippen molar-refractivity contribution in [1.82, 2.24) is 9.55 Å². The molecule has 0 aliphatic heterocycles. The molecule has 6 heteroatoms. The van der Waals surface area contributed by atoms with Crippen molar-refractivity contribution in [3.8, 4) is 5.69 Å². The van der Waals surface area contributed by atoms with Gasteiger partial charge in [0.05, 0.1) is 16.8 Å². The first-order chi connectivity index (χ1) is 11.6. The van der Waals surface area contributed by atoms with Crippen LogP contribution in [0.15, 0.2) is 42.5 Å². The Labute approximate surface area is 143 Å². The number of hydrogen-bond acceptors (Lipinski definition) is 4. The van der Waals surface area contributed by atoms with Gasteiger partial charge in [0, 0.05) is 12.1 Å². The van der Waals surface area contributed by atoms with Crippen LogP contribution in [0.3, 0.4) is 0 Å². The number of thiol groups is 1. The van der Waals surface area contributed by atoms with Gasteiger partial charge in [0.1, 0.15) is 16.5 Å². The van der Waals surface area contributed by atoms with Crippen LogP contribution in [-0.4, -0.2) is 24.5 Å². The van der Waals surface area contributed by atoms with E-state index in [0.717, 1.165) is 41.0 Å². The van der Waals surface area contributed by atoms with Gasteiger partial charge in [0.25, 0.3) is 0 Å². The molecule has 2 N–H and O–H groups in total. The van der Waals surface area contributed by atoms with Crippen molar-refractivity contribution in [1.29, 1.82) is 0 Å². The molecule has 1 aromatic heterocycles. The van der Waals surface area contributed by atoms with Gasteiger partial charge in [0.15, 0.2) is 0 Å². The lowest BCUT2D eigenvalue weighted by molar-refractivity contribution is 0.614. The lowest BCUT2D eigenvalue weighted by Gasteiger charge is -2.09. The highest BCUT2D eigenvalue weighted by molar-refractivity contribution is 7.71. The maximum atomic E-state index is 10.9. The molecule has 3 rings (SSSR count). The highest BCUT2D eigenvalue weighted by Gasteiger charge is 2.12. The van der Waals surface area contributed by atoms with E-state index in [-0.39, 0.29) is 5.75 Å². The fourth-order valence-electron chi connectivity index (χ4n) is 2.93. The van der Waals surface area contributed by atoms with Crippen LogP contribution in [0.2, 0.25) is 0 Å². The van der Waals surface area contributed by atoms with E-state index in [0.29, 0.717) is 6.54 Å². The van der Waals surface area contributed by atoms with E-state index >= 15 is 0 Å². The molecule has 126 valence electrons. The van der Waals surface area contributed by atoms with Gasteiger partial charge < -0.3 is 5.73 Å². The molecule has 2 aromatic carbocycles. The Bertz CT molecular complexity index is 919. The number of nitrogens with two attached hydrogens (primary N) is 1. The Hall–Kier alpha value is -2.18. The molecule has 0 atom stereocenters. The quantitative estimate of drug-likeness (QED) is 0.673. The topological polar surface area (TPSA) is 78.0 Å². The third kappa shape index (κ3) is 3.34. The summed E-state index contributed by atoms with van der Waals surface area (Å²) in [5.41, 5.74) is 10.5. The summed E-state index contributed by atoms with van der Waals surface area (Å²) in [4.78, 5) is 4.68. The summed E-state index contributed by atoms with van der Waals surface area (Å²) in [5.74, 6) is 1.01. The Morgan fingerprint density at radius 1 is 1.08 bits per heavy atom. The molecule has 0 bridgehead atoms. The van der Waals surface area contributed by atoms with E-state index in [4.69, 9.17) is 5.73 Å². The van der Waals surface area contributed by atoms with Gasteiger partial charge in [-0.1, -0.05) is 25.1 Å². The summed E-state index contributed by atoms with van der Waals surface area (Å²) in [7, 11) is -2.43. The van der Waals surface area contributed by atoms with E-state index < -0.39 is 10.7 Å². The molecule has 0 saturated heterocycles. The van der Waals surface area contributed by atoms with Gasteiger partial charge in [-0.25, -0.2) is 13.4 Å². The maximum Gasteiger partial charge on any atom is 0.144 e. The summed E-state index contributed by atoms with van der Waals surface area (Å²) < 4.78 is 24.0. The predicted octanol–water partition coefficient (Wildman–Crippen LogP) is 2.20. The van der Waals surface area contributed by atoms with Crippen LogP contribution in [0.4, 0.5) is 0 Å². The molecule has 24 heavy (non-hydrogen) atoms.